The van der Waals surface area contributed by atoms with E-state index in [1.54, 1.807) is 0 Å². The minimum Gasteiger partial charge on any atom is -0.383 e. The summed E-state index contributed by atoms with van der Waals surface area (Å²) in [6.07, 6.45) is 3.93. The van der Waals surface area contributed by atoms with Crippen LogP contribution in [0, 0.1) is 6.92 Å². The third-order valence-corrected chi connectivity index (χ3v) is 4.00. The summed E-state index contributed by atoms with van der Waals surface area (Å²) >= 11 is 1.54. The highest BCUT2D eigenvalue weighted by atomic mass is 32.1. The number of nitrogens with zero attached hydrogens (tertiary/aromatic N) is 2. The van der Waals surface area contributed by atoms with Crippen molar-refractivity contribution in [3.05, 3.63) is 5.56 Å². The van der Waals surface area contributed by atoms with Gasteiger partial charge in [-0.15, -0.1) is 0 Å². The maximum Gasteiger partial charge on any atom is 0.142 e. The van der Waals surface area contributed by atoms with Crippen molar-refractivity contribution in [2.45, 2.75) is 39.2 Å². The zero-order chi connectivity index (χ0) is 10.1. The highest BCUT2D eigenvalue weighted by molar-refractivity contribution is 7.10. The first-order chi connectivity index (χ1) is 6.70. The molecular weight excluding hydrogens is 194 g/mol. The predicted molar refractivity (Wildman–Crippen MR) is 61.9 cm³/mol. The smallest absolute Gasteiger partial charge is 0.142 e. The van der Waals surface area contributed by atoms with Gasteiger partial charge in [0.1, 0.15) is 10.8 Å². The molecule has 2 heterocycles. The Labute approximate surface area is 89.1 Å². The monoisotopic (exact) mass is 211 g/mol. The zero-order valence-corrected chi connectivity index (χ0v) is 9.60. The minimum absolute atomic E-state index is 0.641. The van der Waals surface area contributed by atoms with E-state index in [0.29, 0.717) is 11.9 Å². The van der Waals surface area contributed by atoms with E-state index in [9.17, 15) is 0 Å². The summed E-state index contributed by atoms with van der Waals surface area (Å²) in [5.41, 5.74) is 6.92. The van der Waals surface area contributed by atoms with Crippen LogP contribution in [0.3, 0.4) is 0 Å². The molecule has 1 aliphatic rings. The molecule has 1 saturated heterocycles. The lowest BCUT2D eigenvalue weighted by Crippen LogP contribution is -2.37. The van der Waals surface area contributed by atoms with E-state index in [-0.39, 0.29) is 0 Å². The molecule has 1 aromatic rings. The Morgan fingerprint density at radius 3 is 2.86 bits per heavy atom. The number of hydrogen-bond donors (Lipinski definition) is 1. The number of nitrogen functional groups attached to an aromatic ring is 1. The highest BCUT2D eigenvalue weighted by Gasteiger charge is 2.22. The molecule has 0 aliphatic carbocycles. The van der Waals surface area contributed by atoms with Crippen LogP contribution in [0.4, 0.5) is 10.8 Å². The topological polar surface area (TPSA) is 42.1 Å². The van der Waals surface area contributed by atoms with E-state index < -0.39 is 0 Å². The van der Waals surface area contributed by atoms with Gasteiger partial charge in [0, 0.05) is 18.2 Å². The van der Waals surface area contributed by atoms with Gasteiger partial charge in [-0.3, -0.25) is 0 Å². The Morgan fingerprint density at radius 1 is 1.50 bits per heavy atom. The summed E-state index contributed by atoms with van der Waals surface area (Å²) in [5.74, 6) is 0.697. The van der Waals surface area contributed by atoms with Crippen molar-refractivity contribution in [2.75, 3.05) is 17.2 Å². The first-order valence-corrected chi connectivity index (χ1v) is 5.96. The Balaban J connectivity index is 2.24. The lowest BCUT2D eigenvalue weighted by Gasteiger charge is -2.34. The molecule has 1 aromatic heterocycles. The molecule has 0 saturated carbocycles. The van der Waals surface area contributed by atoms with Crippen LogP contribution in [0.5, 0.6) is 0 Å². The van der Waals surface area contributed by atoms with E-state index in [0.717, 1.165) is 12.1 Å². The zero-order valence-electron chi connectivity index (χ0n) is 8.79. The van der Waals surface area contributed by atoms with Gasteiger partial charge in [0.15, 0.2) is 0 Å². The van der Waals surface area contributed by atoms with Crippen molar-refractivity contribution >= 4 is 22.4 Å². The second-order valence-corrected chi connectivity index (χ2v) is 4.79. The SMILES string of the molecule is Cc1c(N)nsc1N1CCCCC1C. The van der Waals surface area contributed by atoms with Gasteiger partial charge in [0.25, 0.3) is 0 Å². The van der Waals surface area contributed by atoms with Crippen LogP contribution in [-0.4, -0.2) is 17.0 Å². The predicted octanol–water partition coefficient (Wildman–Crippen LogP) is 2.41. The molecule has 1 unspecified atom stereocenters. The van der Waals surface area contributed by atoms with Gasteiger partial charge in [-0.1, -0.05) is 0 Å². The van der Waals surface area contributed by atoms with E-state index >= 15 is 0 Å². The summed E-state index contributed by atoms with van der Waals surface area (Å²) < 4.78 is 4.20. The van der Waals surface area contributed by atoms with Crippen LogP contribution >= 0.6 is 11.5 Å². The number of hydrogen-bond acceptors (Lipinski definition) is 4. The quantitative estimate of drug-likeness (QED) is 0.775. The molecule has 2 rings (SSSR count). The highest BCUT2D eigenvalue weighted by Crippen LogP contribution is 2.33. The summed E-state index contributed by atoms with van der Waals surface area (Å²) in [4.78, 5) is 2.45. The van der Waals surface area contributed by atoms with Crippen LogP contribution in [-0.2, 0) is 0 Å². The molecule has 0 bridgehead atoms. The summed E-state index contributed by atoms with van der Waals surface area (Å²) in [7, 11) is 0. The van der Waals surface area contributed by atoms with Crippen molar-refractivity contribution in [3.8, 4) is 0 Å². The van der Waals surface area contributed by atoms with Crippen LogP contribution in [0.2, 0.25) is 0 Å². The largest absolute Gasteiger partial charge is 0.383 e. The van der Waals surface area contributed by atoms with Crippen molar-refractivity contribution in [2.24, 2.45) is 0 Å². The van der Waals surface area contributed by atoms with Gasteiger partial charge < -0.3 is 10.6 Å². The standard InChI is InChI=1S/C10H17N3S/c1-7-5-3-4-6-13(7)10-8(2)9(11)12-14-10/h7H,3-6H2,1-2H3,(H2,11,12). The Kier molecular flexibility index (Phi) is 2.63. The Bertz CT molecular complexity index is 321. The third-order valence-electron chi connectivity index (χ3n) is 3.00. The molecule has 14 heavy (non-hydrogen) atoms. The molecular formula is C10H17N3S. The number of piperidine rings is 1. The average Bonchev–Trinajstić information content (AvgIpc) is 2.49. The summed E-state index contributed by atoms with van der Waals surface area (Å²) in [6, 6.07) is 0.641. The van der Waals surface area contributed by atoms with Crippen molar-refractivity contribution in [1.82, 2.24) is 4.37 Å². The first-order valence-electron chi connectivity index (χ1n) is 5.18. The molecule has 2 N–H and O–H groups in total. The number of anilines is 2. The van der Waals surface area contributed by atoms with Gasteiger partial charge in [-0.25, -0.2) is 0 Å². The van der Waals surface area contributed by atoms with Gasteiger partial charge in [0.05, 0.1) is 0 Å². The normalized spacial score (nSPS) is 22.7. The van der Waals surface area contributed by atoms with Gasteiger partial charge >= 0.3 is 0 Å². The van der Waals surface area contributed by atoms with E-state index in [1.807, 2.05) is 0 Å². The first kappa shape index (κ1) is 9.77. The number of nitrogens with two attached hydrogens (primary N) is 1. The molecule has 78 valence electrons. The molecule has 3 nitrogen and oxygen atoms in total. The summed E-state index contributed by atoms with van der Waals surface area (Å²) in [6.45, 7) is 5.51. The molecule has 0 amide bonds. The summed E-state index contributed by atoms with van der Waals surface area (Å²) in [5, 5.41) is 1.27. The van der Waals surface area contributed by atoms with Gasteiger partial charge in [0.2, 0.25) is 0 Å². The maximum absolute atomic E-state index is 5.77. The van der Waals surface area contributed by atoms with E-state index in [4.69, 9.17) is 5.73 Å². The third kappa shape index (κ3) is 1.59. The Morgan fingerprint density at radius 2 is 2.29 bits per heavy atom. The fourth-order valence-corrected chi connectivity index (χ4v) is 2.95. The second kappa shape index (κ2) is 3.77. The van der Waals surface area contributed by atoms with Crippen molar-refractivity contribution < 1.29 is 0 Å². The minimum atomic E-state index is 0.641. The molecule has 0 radical (unpaired) electrons. The van der Waals surface area contributed by atoms with Gasteiger partial charge in [-0.05, 0) is 44.6 Å². The molecule has 4 heteroatoms. The fourth-order valence-electron chi connectivity index (χ4n) is 2.01. The molecule has 1 fully saturated rings. The van der Waals surface area contributed by atoms with E-state index in [2.05, 4.69) is 23.1 Å². The lowest BCUT2D eigenvalue weighted by molar-refractivity contribution is 0.487. The molecule has 0 aromatic carbocycles. The van der Waals surface area contributed by atoms with Crippen LogP contribution in [0.25, 0.3) is 0 Å². The van der Waals surface area contributed by atoms with Gasteiger partial charge in [-0.2, -0.15) is 4.37 Å². The second-order valence-electron chi connectivity index (χ2n) is 4.04. The van der Waals surface area contributed by atoms with Crippen molar-refractivity contribution in [1.29, 1.82) is 0 Å². The van der Waals surface area contributed by atoms with Crippen molar-refractivity contribution in [3.63, 3.8) is 0 Å². The molecule has 1 aliphatic heterocycles. The molecule has 1 atom stereocenters. The average molecular weight is 211 g/mol. The van der Waals surface area contributed by atoms with E-state index in [1.165, 1.54) is 35.8 Å². The van der Waals surface area contributed by atoms with Crippen LogP contribution in [0.1, 0.15) is 31.7 Å². The fraction of sp³-hybridized carbons (Fsp3) is 0.700. The molecule has 0 spiro atoms. The Hall–Kier alpha value is -0.770. The number of aromatic nitrogens is 1. The van der Waals surface area contributed by atoms with Crippen LogP contribution < -0.4 is 10.6 Å². The van der Waals surface area contributed by atoms with Crippen LogP contribution in [0.15, 0.2) is 0 Å². The maximum atomic E-state index is 5.77. The lowest BCUT2D eigenvalue weighted by atomic mass is 10.0. The number of rotatable bonds is 1.